The van der Waals surface area contributed by atoms with Gasteiger partial charge in [0.25, 0.3) is 6.92 Å². The number of carboxylic acids is 1. The highest BCUT2D eigenvalue weighted by atomic mass is 16.4. The van der Waals surface area contributed by atoms with E-state index in [1.54, 1.807) is 6.82 Å². The van der Waals surface area contributed by atoms with Crippen molar-refractivity contribution in [3.05, 3.63) is 0 Å². The van der Waals surface area contributed by atoms with E-state index in [4.69, 9.17) is 5.11 Å². The van der Waals surface area contributed by atoms with Crippen molar-refractivity contribution < 1.29 is 14.9 Å². The van der Waals surface area contributed by atoms with Gasteiger partial charge in [-0.25, -0.2) is 0 Å². The molecule has 0 amide bonds. The Morgan fingerprint density at radius 3 is 2.82 bits per heavy atom. The number of likely N-dealkylation sites (N-methyl/N-ethyl adjacent to an activating group) is 1. The van der Waals surface area contributed by atoms with Gasteiger partial charge in [0.2, 0.25) is 0 Å². The highest BCUT2D eigenvalue weighted by Crippen LogP contribution is 2.23. The molecule has 1 rings (SSSR count). The Kier molecular flexibility index (Phi) is 5.95. The molecule has 1 aliphatic rings. The smallest absolute Gasteiger partial charge is 0.321 e. The Labute approximate surface area is 103 Å². The van der Waals surface area contributed by atoms with Crippen molar-refractivity contribution in [2.45, 2.75) is 45.0 Å². The summed E-state index contributed by atoms with van der Waals surface area (Å²) < 4.78 is 0. The van der Waals surface area contributed by atoms with Crippen LogP contribution < -0.4 is 10.6 Å². The van der Waals surface area contributed by atoms with E-state index in [1.807, 2.05) is 6.92 Å². The Morgan fingerprint density at radius 2 is 2.29 bits per heavy atom. The predicted molar refractivity (Wildman–Crippen MR) is 68.3 cm³/mol. The van der Waals surface area contributed by atoms with Crippen LogP contribution in [0.1, 0.15) is 19.8 Å². The second-order valence-electron chi connectivity index (χ2n) is 4.83. The van der Waals surface area contributed by atoms with Gasteiger partial charge in [-0.2, -0.15) is 0 Å². The van der Waals surface area contributed by atoms with Gasteiger partial charge in [-0.1, -0.05) is 20.2 Å². The van der Waals surface area contributed by atoms with Crippen molar-refractivity contribution in [2.75, 3.05) is 13.1 Å². The van der Waals surface area contributed by atoms with Gasteiger partial charge in [-0.3, -0.25) is 4.79 Å². The second kappa shape index (κ2) is 6.98. The number of hydrogen-bond donors (Lipinski definition) is 4. The first-order valence-corrected chi connectivity index (χ1v) is 6.43. The summed E-state index contributed by atoms with van der Waals surface area (Å²) in [5, 5.41) is 24.7. The number of carbonyl (C=O) groups is 1. The first-order chi connectivity index (χ1) is 8.06. The minimum atomic E-state index is -0.771. The van der Waals surface area contributed by atoms with Crippen LogP contribution in [0, 0.1) is 5.92 Å². The highest BCUT2D eigenvalue weighted by molar-refractivity contribution is 6.48. The summed E-state index contributed by atoms with van der Waals surface area (Å²) in [5.74, 6) is -0.654. The maximum absolute atomic E-state index is 11.1. The number of rotatable bonds is 7. The fraction of sp³-hybridized carbons (Fsp3) is 0.909. The van der Waals surface area contributed by atoms with E-state index in [0.29, 0.717) is 6.54 Å². The third-order valence-electron chi connectivity index (χ3n) is 3.39. The maximum Gasteiger partial charge on any atom is 0.321 e. The third-order valence-corrected chi connectivity index (χ3v) is 3.39. The summed E-state index contributed by atoms with van der Waals surface area (Å²) in [5.41, 5.74) is 0. The van der Waals surface area contributed by atoms with Crippen LogP contribution in [-0.4, -0.2) is 48.2 Å². The van der Waals surface area contributed by atoms with Crippen LogP contribution >= 0.6 is 0 Å². The minimum Gasteiger partial charge on any atom is -0.480 e. The number of aliphatic carboxylic acids is 1. The van der Waals surface area contributed by atoms with Gasteiger partial charge in [0.15, 0.2) is 0 Å². The van der Waals surface area contributed by atoms with E-state index in [2.05, 4.69) is 10.6 Å². The van der Waals surface area contributed by atoms with Crippen molar-refractivity contribution in [1.29, 1.82) is 0 Å². The zero-order valence-corrected chi connectivity index (χ0v) is 10.6. The van der Waals surface area contributed by atoms with Gasteiger partial charge in [-0.15, -0.1) is 0 Å². The van der Waals surface area contributed by atoms with E-state index in [-0.39, 0.29) is 18.9 Å². The summed E-state index contributed by atoms with van der Waals surface area (Å²) in [6.45, 7) is 5.06. The molecule has 4 N–H and O–H groups in total. The Bertz CT molecular complexity index is 251. The normalized spacial score (nSPS) is 28.3. The van der Waals surface area contributed by atoms with Gasteiger partial charge >= 0.3 is 5.97 Å². The number of nitrogens with one attached hydrogen (secondary N) is 2. The molecular formula is C11H23BN2O3. The monoisotopic (exact) mass is 242 g/mol. The Balaban J connectivity index is 2.49. The summed E-state index contributed by atoms with van der Waals surface area (Å²) >= 11 is 0. The lowest BCUT2D eigenvalue weighted by Crippen LogP contribution is -2.40. The van der Waals surface area contributed by atoms with Gasteiger partial charge in [0.1, 0.15) is 6.04 Å². The molecule has 0 aromatic heterocycles. The van der Waals surface area contributed by atoms with E-state index in [0.717, 1.165) is 25.7 Å². The van der Waals surface area contributed by atoms with E-state index < -0.39 is 12.0 Å². The van der Waals surface area contributed by atoms with Crippen LogP contribution in [0.15, 0.2) is 0 Å². The topological polar surface area (TPSA) is 81.6 Å². The fourth-order valence-electron chi connectivity index (χ4n) is 2.56. The molecule has 1 aliphatic heterocycles. The lowest BCUT2D eigenvalue weighted by molar-refractivity contribution is -0.140. The standard InChI is InChI=1S/C11H23BN2O3/c1-3-13-9-7-14-10(11(15)16)8(9)5-4-6-12(2)17/h8-10,13-14,17H,3-7H2,1-2H3,(H,15,16). The van der Waals surface area contributed by atoms with Crippen LogP contribution in [0.4, 0.5) is 0 Å². The predicted octanol–water partition coefficient (Wildman–Crippen LogP) is 0.0309. The van der Waals surface area contributed by atoms with Crippen molar-refractivity contribution in [3.63, 3.8) is 0 Å². The first-order valence-electron chi connectivity index (χ1n) is 6.43. The van der Waals surface area contributed by atoms with E-state index in [1.165, 1.54) is 0 Å². The van der Waals surface area contributed by atoms with Crippen LogP contribution in [0.2, 0.25) is 13.1 Å². The fourth-order valence-corrected chi connectivity index (χ4v) is 2.56. The zero-order valence-electron chi connectivity index (χ0n) is 10.6. The van der Waals surface area contributed by atoms with E-state index >= 15 is 0 Å². The summed E-state index contributed by atoms with van der Waals surface area (Å²) in [4.78, 5) is 11.1. The average Bonchev–Trinajstić information content (AvgIpc) is 2.62. The molecule has 0 aromatic carbocycles. The molecule has 0 spiro atoms. The quantitative estimate of drug-likeness (QED) is 0.473. The van der Waals surface area contributed by atoms with Gasteiger partial charge in [0, 0.05) is 18.5 Å². The third kappa shape index (κ3) is 4.29. The van der Waals surface area contributed by atoms with Gasteiger partial charge < -0.3 is 20.8 Å². The molecule has 0 aliphatic carbocycles. The first kappa shape index (κ1) is 14.5. The summed E-state index contributed by atoms with van der Waals surface area (Å²) in [6, 6.07) is -0.219. The van der Waals surface area contributed by atoms with Crippen molar-refractivity contribution in [3.8, 4) is 0 Å². The Morgan fingerprint density at radius 1 is 1.59 bits per heavy atom. The molecule has 98 valence electrons. The van der Waals surface area contributed by atoms with Crippen LogP contribution in [0.5, 0.6) is 0 Å². The molecule has 1 heterocycles. The molecule has 17 heavy (non-hydrogen) atoms. The molecule has 3 unspecified atom stereocenters. The Hall–Kier alpha value is -0.585. The molecule has 0 saturated carbocycles. The lowest BCUT2D eigenvalue weighted by Gasteiger charge is -2.22. The molecule has 6 heteroatoms. The molecule has 0 radical (unpaired) electrons. The number of hydrogen-bond acceptors (Lipinski definition) is 4. The maximum atomic E-state index is 11.1. The van der Waals surface area contributed by atoms with Crippen molar-refractivity contribution in [1.82, 2.24) is 10.6 Å². The highest BCUT2D eigenvalue weighted by Gasteiger charge is 2.39. The molecular weight excluding hydrogens is 219 g/mol. The molecule has 1 fully saturated rings. The number of carboxylic acid groups (broad SMARTS) is 1. The van der Waals surface area contributed by atoms with Crippen LogP contribution in [0.25, 0.3) is 0 Å². The average molecular weight is 242 g/mol. The summed E-state index contributed by atoms with van der Waals surface area (Å²) in [7, 11) is 0. The molecule has 0 aromatic rings. The van der Waals surface area contributed by atoms with Gasteiger partial charge in [0.05, 0.1) is 0 Å². The molecule has 0 bridgehead atoms. The molecule has 1 saturated heterocycles. The zero-order chi connectivity index (χ0) is 12.8. The molecule has 5 nitrogen and oxygen atoms in total. The van der Waals surface area contributed by atoms with Crippen molar-refractivity contribution >= 4 is 12.9 Å². The summed E-state index contributed by atoms with van der Waals surface area (Å²) in [6.07, 6.45) is 2.45. The van der Waals surface area contributed by atoms with E-state index in [9.17, 15) is 9.82 Å². The largest absolute Gasteiger partial charge is 0.480 e. The second-order valence-corrected chi connectivity index (χ2v) is 4.83. The van der Waals surface area contributed by atoms with Crippen LogP contribution in [0.3, 0.4) is 0 Å². The lowest BCUT2D eigenvalue weighted by atomic mass is 9.66. The van der Waals surface area contributed by atoms with Gasteiger partial charge in [-0.05, 0) is 19.3 Å². The van der Waals surface area contributed by atoms with Crippen molar-refractivity contribution in [2.24, 2.45) is 5.92 Å². The SMILES string of the molecule is CCNC1CNC(C(=O)O)C1CCCB(C)O. The van der Waals surface area contributed by atoms with Crippen LogP contribution in [-0.2, 0) is 4.79 Å². The molecule has 3 atom stereocenters. The minimum absolute atomic E-state index is 0.117.